The van der Waals surface area contributed by atoms with Crippen LogP contribution >= 0.6 is 0 Å². The van der Waals surface area contributed by atoms with E-state index in [0.717, 1.165) is 4.57 Å². The van der Waals surface area contributed by atoms with Crippen LogP contribution in [0.2, 0.25) is 0 Å². The Hall–Kier alpha value is -1.36. The summed E-state index contributed by atoms with van der Waals surface area (Å²) in [6.07, 6.45) is 1.45. The minimum Gasteiger partial charge on any atom is -0.383 e. The van der Waals surface area contributed by atoms with Gasteiger partial charge in [-0.05, 0) is 0 Å². The SMILES string of the molecule is COCCn1c(=O)ccn(C)c1=O. The molecule has 0 atom stereocenters. The van der Waals surface area contributed by atoms with Gasteiger partial charge in [-0.15, -0.1) is 0 Å². The van der Waals surface area contributed by atoms with Crippen molar-refractivity contribution >= 4 is 0 Å². The molecule has 0 radical (unpaired) electrons. The Bertz CT molecular complexity index is 391. The zero-order valence-corrected chi connectivity index (χ0v) is 7.69. The second-order valence-corrected chi connectivity index (χ2v) is 2.69. The molecule has 1 aromatic rings. The van der Waals surface area contributed by atoms with Gasteiger partial charge >= 0.3 is 5.69 Å². The van der Waals surface area contributed by atoms with Gasteiger partial charge in [0.25, 0.3) is 5.56 Å². The molecule has 0 saturated carbocycles. The minimum atomic E-state index is -0.315. The third-order valence-corrected chi connectivity index (χ3v) is 1.76. The van der Waals surface area contributed by atoms with Crippen molar-refractivity contribution in [1.82, 2.24) is 9.13 Å². The first kappa shape index (κ1) is 9.73. The van der Waals surface area contributed by atoms with Gasteiger partial charge in [0, 0.05) is 26.4 Å². The average molecular weight is 184 g/mol. The van der Waals surface area contributed by atoms with Crippen LogP contribution in [0.15, 0.2) is 21.9 Å². The van der Waals surface area contributed by atoms with Crippen LogP contribution in [0.25, 0.3) is 0 Å². The normalized spacial score (nSPS) is 10.3. The Balaban J connectivity index is 3.11. The van der Waals surface area contributed by atoms with Crippen LogP contribution in [0.1, 0.15) is 0 Å². The highest BCUT2D eigenvalue weighted by molar-refractivity contribution is 4.85. The second kappa shape index (κ2) is 4.04. The summed E-state index contributed by atoms with van der Waals surface area (Å²) >= 11 is 0. The van der Waals surface area contributed by atoms with Gasteiger partial charge < -0.3 is 9.30 Å². The molecular formula is C8H12N2O3. The van der Waals surface area contributed by atoms with Gasteiger partial charge in [-0.2, -0.15) is 0 Å². The van der Waals surface area contributed by atoms with Crippen molar-refractivity contribution in [1.29, 1.82) is 0 Å². The number of hydrogen-bond acceptors (Lipinski definition) is 3. The lowest BCUT2D eigenvalue weighted by molar-refractivity contribution is 0.184. The fraction of sp³-hybridized carbons (Fsp3) is 0.500. The third-order valence-electron chi connectivity index (χ3n) is 1.76. The van der Waals surface area contributed by atoms with Gasteiger partial charge in [0.05, 0.1) is 13.2 Å². The molecule has 0 amide bonds. The van der Waals surface area contributed by atoms with E-state index in [2.05, 4.69) is 0 Å². The number of nitrogens with zero attached hydrogens (tertiary/aromatic N) is 2. The van der Waals surface area contributed by atoms with Crippen molar-refractivity contribution in [3.8, 4) is 0 Å². The fourth-order valence-electron chi connectivity index (χ4n) is 1.00. The van der Waals surface area contributed by atoms with Gasteiger partial charge in [0.15, 0.2) is 0 Å². The number of methoxy groups -OCH3 is 1. The molecule has 5 heteroatoms. The molecule has 1 rings (SSSR count). The Morgan fingerprint density at radius 3 is 2.77 bits per heavy atom. The van der Waals surface area contributed by atoms with Crippen molar-refractivity contribution in [2.45, 2.75) is 6.54 Å². The monoisotopic (exact) mass is 184 g/mol. The molecule has 0 aliphatic carbocycles. The minimum absolute atomic E-state index is 0.292. The van der Waals surface area contributed by atoms with Crippen LogP contribution in [0, 0.1) is 0 Å². The van der Waals surface area contributed by atoms with Gasteiger partial charge in [-0.1, -0.05) is 0 Å². The first-order valence-corrected chi connectivity index (χ1v) is 3.92. The fourth-order valence-corrected chi connectivity index (χ4v) is 1.00. The van der Waals surface area contributed by atoms with E-state index in [1.165, 1.54) is 23.9 Å². The molecule has 0 aromatic carbocycles. The van der Waals surface area contributed by atoms with Crippen molar-refractivity contribution < 1.29 is 4.74 Å². The first-order chi connectivity index (χ1) is 6.16. The molecule has 0 spiro atoms. The molecule has 0 bridgehead atoms. The van der Waals surface area contributed by atoms with Crippen LogP contribution in [-0.2, 0) is 18.3 Å². The van der Waals surface area contributed by atoms with Gasteiger partial charge in [0.1, 0.15) is 0 Å². The van der Waals surface area contributed by atoms with E-state index in [1.807, 2.05) is 0 Å². The second-order valence-electron chi connectivity index (χ2n) is 2.69. The third kappa shape index (κ3) is 2.06. The summed E-state index contributed by atoms with van der Waals surface area (Å²) in [7, 11) is 3.13. The van der Waals surface area contributed by atoms with Crippen LogP contribution in [0.3, 0.4) is 0 Å². The topological polar surface area (TPSA) is 53.2 Å². The van der Waals surface area contributed by atoms with Crippen LogP contribution in [-0.4, -0.2) is 22.9 Å². The maximum Gasteiger partial charge on any atom is 0.330 e. The van der Waals surface area contributed by atoms with Crippen molar-refractivity contribution in [2.24, 2.45) is 7.05 Å². The lowest BCUT2D eigenvalue weighted by Crippen LogP contribution is -2.38. The van der Waals surface area contributed by atoms with E-state index in [-0.39, 0.29) is 11.2 Å². The maximum atomic E-state index is 11.4. The summed E-state index contributed by atoms with van der Waals surface area (Å²) in [5.74, 6) is 0. The van der Waals surface area contributed by atoms with E-state index in [4.69, 9.17) is 4.74 Å². The summed E-state index contributed by atoms with van der Waals surface area (Å²) in [6, 6.07) is 1.36. The molecule has 0 fully saturated rings. The molecule has 0 unspecified atom stereocenters. The zero-order chi connectivity index (χ0) is 9.84. The maximum absolute atomic E-state index is 11.4. The standard InChI is InChI=1S/C8H12N2O3/c1-9-4-3-7(11)10(8(9)12)5-6-13-2/h3-4H,5-6H2,1-2H3. The highest BCUT2D eigenvalue weighted by Gasteiger charge is 2.00. The molecule has 0 saturated heterocycles. The highest BCUT2D eigenvalue weighted by atomic mass is 16.5. The molecule has 0 aliphatic heterocycles. The quantitative estimate of drug-likeness (QED) is 0.617. The number of ether oxygens (including phenoxy) is 1. The Labute approximate surface area is 75.2 Å². The zero-order valence-electron chi connectivity index (χ0n) is 7.69. The van der Waals surface area contributed by atoms with E-state index in [9.17, 15) is 9.59 Å². The summed E-state index contributed by atoms with van der Waals surface area (Å²) in [6.45, 7) is 0.655. The van der Waals surface area contributed by atoms with Crippen LogP contribution in [0.4, 0.5) is 0 Å². The van der Waals surface area contributed by atoms with E-state index in [0.29, 0.717) is 13.2 Å². The molecular weight excluding hydrogens is 172 g/mol. The predicted octanol–water partition coefficient (Wildman–Crippen LogP) is -0.807. The molecule has 5 nitrogen and oxygen atoms in total. The van der Waals surface area contributed by atoms with Gasteiger partial charge in [-0.25, -0.2) is 4.79 Å². The van der Waals surface area contributed by atoms with E-state index < -0.39 is 0 Å². The van der Waals surface area contributed by atoms with Crippen molar-refractivity contribution in [3.63, 3.8) is 0 Å². The molecule has 0 aliphatic rings. The summed E-state index contributed by atoms with van der Waals surface area (Å²) in [5.41, 5.74) is -0.607. The molecule has 1 heterocycles. The predicted molar refractivity (Wildman–Crippen MR) is 47.8 cm³/mol. The first-order valence-electron chi connectivity index (χ1n) is 3.92. The molecule has 13 heavy (non-hydrogen) atoms. The lowest BCUT2D eigenvalue weighted by Gasteiger charge is -2.04. The van der Waals surface area contributed by atoms with Crippen molar-refractivity contribution in [3.05, 3.63) is 33.1 Å². The van der Waals surface area contributed by atoms with Crippen LogP contribution < -0.4 is 11.2 Å². The number of hydrogen-bond donors (Lipinski definition) is 0. The number of aryl methyl sites for hydroxylation is 1. The Morgan fingerprint density at radius 2 is 2.15 bits per heavy atom. The lowest BCUT2D eigenvalue weighted by atomic mass is 10.5. The smallest absolute Gasteiger partial charge is 0.330 e. The molecule has 72 valence electrons. The molecule has 1 aromatic heterocycles. The summed E-state index contributed by atoms with van der Waals surface area (Å²) in [4.78, 5) is 22.6. The summed E-state index contributed by atoms with van der Waals surface area (Å²) < 4.78 is 7.29. The molecule has 0 N–H and O–H groups in total. The van der Waals surface area contributed by atoms with E-state index in [1.54, 1.807) is 7.05 Å². The van der Waals surface area contributed by atoms with Crippen molar-refractivity contribution in [2.75, 3.05) is 13.7 Å². The Kier molecular flexibility index (Phi) is 3.02. The average Bonchev–Trinajstić information content (AvgIpc) is 2.12. The van der Waals surface area contributed by atoms with E-state index >= 15 is 0 Å². The Morgan fingerprint density at radius 1 is 1.46 bits per heavy atom. The largest absolute Gasteiger partial charge is 0.383 e. The van der Waals surface area contributed by atoms with Gasteiger partial charge in [-0.3, -0.25) is 9.36 Å². The summed E-state index contributed by atoms with van der Waals surface area (Å²) in [5, 5.41) is 0. The van der Waals surface area contributed by atoms with Gasteiger partial charge in [0.2, 0.25) is 0 Å². The van der Waals surface area contributed by atoms with Crippen LogP contribution in [0.5, 0.6) is 0 Å². The number of aromatic nitrogens is 2. The number of rotatable bonds is 3. The highest BCUT2D eigenvalue weighted by Crippen LogP contribution is 1.75.